The van der Waals surface area contributed by atoms with Crippen LogP contribution in [0, 0.1) is 5.92 Å². The van der Waals surface area contributed by atoms with Gasteiger partial charge in [-0.3, -0.25) is 0 Å². The molecular formula is C14H21BrClN. The van der Waals surface area contributed by atoms with Crippen molar-refractivity contribution in [3.05, 3.63) is 28.8 Å². The molecule has 1 aromatic carbocycles. The zero-order valence-corrected chi connectivity index (χ0v) is 13.3. The van der Waals surface area contributed by atoms with E-state index in [1.165, 1.54) is 5.56 Å². The van der Waals surface area contributed by atoms with Gasteiger partial charge >= 0.3 is 0 Å². The fourth-order valence-corrected chi connectivity index (χ4v) is 2.51. The molecule has 1 rings (SSSR count). The van der Waals surface area contributed by atoms with Gasteiger partial charge in [0.05, 0.1) is 10.7 Å². The predicted molar refractivity (Wildman–Crippen MR) is 81.4 cm³/mol. The third kappa shape index (κ3) is 4.18. The second-order valence-corrected chi connectivity index (χ2v) is 6.03. The first-order valence-electron chi connectivity index (χ1n) is 6.06. The monoisotopic (exact) mass is 317 g/mol. The van der Waals surface area contributed by atoms with E-state index in [1.807, 2.05) is 6.07 Å². The van der Waals surface area contributed by atoms with Crippen molar-refractivity contribution in [1.29, 1.82) is 0 Å². The Balaban J connectivity index is 3.01. The van der Waals surface area contributed by atoms with Gasteiger partial charge in [0.2, 0.25) is 0 Å². The van der Waals surface area contributed by atoms with Crippen LogP contribution in [0.5, 0.6) is 0 Å². The van der Waals surface area contributed by atoms with Crippen LogP contribution >= 0.6 is 27.5 Å². The highest BCUT2D eigenvalue weighted by atomic mass is 79.9. The van der Waals surface area contributed by atoms with Crippen molar-refractivity contribution < 1.29 is 0 Å². The molecule has 0 aliphatic rings. The van der Waals surface area contributed by atoms with Gasteiger partial charge < -0.3 is 4.90 Å². The summed E-state index contributed by atoms with van der Waals surface area (Å²) in [6, 6.07) is 6.76. The lowest BCUT2D eigenvalue weighted by molar-refractivity contribution is 0.571. The standard InChI is InChI=1S/C14H21BrClN/c1-10(2)9-17(11(3)4)14-6-5-12(8-15)7-13(14)16/h5-7,10-11H,8-9H2,1-4H3. The number of hydrogen-bond donors (Lipinski definition) is 0. The van der Waals surface area contributed by atoms with Gasteiger partial charge in [0.15, 0.2) is 0 Å². The van der Waals surface area contributed by atoms with Gasteiger partial charge in [0.25, 0.3) is 0 Å². The maximum atomic E-state index is 6.37. The van der Waals surface area contributed by atoms with Crippen molar-refractivity contribution in [1.82, 2.24) is 0 Å². The molecule has 0 saturated carbocycles. The van der Waals surface area contributed by atoms with Crippen LogP contribution in [0.15, 0.2) is 18.2 Å². The number of rotatable bonds is 5. The van der Waals surface area contributed by atoms with Gasteiger partial charge in [-0.25, -0.2) is 0 Å². The average molecular weight is 319 g/mol. The number of alkyl halides is 1. The number of nitrogens with zero attached hydrogens (tertiary/aromatic N) is 1. The van der Waals surface area contributed by atoms with Gasteiger partial charge in [-0.15, -0.1) is 0 Å². The maximum Gasteiger partial charge on any atom is 0.0642 e. The first-order chi connectivity index (χ1) is 7.95. The summed E-state index contributed by atoms with van der Waals surface area (Å²) < 4.78 is 0. The molecule has 0 amide bonds. The predicted octanol–water partition coefficient (Wildman–Crippen LogP) is 5.11. The zero-order chi connectivity index (χ0) is 13.0. The number of halogens is 2. The van der Waals surface area contributed by atoms with Gasteiger partial charge in [-0.2, -0.15) is 0 Å². The van der Waals surface area contributed by atoms with Crippen LogP contribution in [-0.2, 0) is 5.33 Å². The lowest BCUT2D eigenvalue weighted by atomic mass is 10.1. The average Bonchev–Trinajstić information content (AvgIpc) is 2.25. The molecule has 0 bridgehead atoms. The third-order valence-electron chi connectivity index (χ3n) is 2.66. The Morgan fingerprint density at radius 1 is 1.24 bits per heavy atom. The summed E-state index contributed by atoms with van der Waals surface area (Å²) in [4.78, 5) is 2.37. The van der Waals surface area contributed by atoms with Crippen molar-refractivity contribution in [2.75, 3.05) is 11.4 Å². The Kier molecular flexibility index (Phi) is 5.81. The number of anilines is 1. The molecule has 17 heavy (non-hydrogen) atoms. The van der Waals surface area contributed by atoms with Crippen LogP contribution in [0.25, 0.3) is 0 Å². The van der Waals surface area contributed by atoms with Crippen LogP contribution in [0.1, 0.15) is 33.3 Å². The van der Waals surface area contributed by atoms with Crippen LogP contribution in [0.3, 0.4) is 0 Å². The third-order valence-corrected chi connectivity index (χ3v) is 3.61. The molecule has 1 nitrogen and oxygen atoms in total. The number of hydrogen-bond acceptors (Lipinski definition) is 1. The zero-order valence-electron chi connectivity index (χ0n) is 11.0. The van der Waals surface area contributed by atoms with Crippen LogP contribution in [-0.4, -0.2) is 12.6 Å². The fraction of sp³-hybridized carbons (Fsp3) is 0.571. The summed E-state index contributed by atoms with van der Waals surface area (Å²) in [6.07, 6.45) is 0. The topological polar surface area (TPSA) is 3.24 Å². The summed E-state index contributed by atoms with van der Waals surface area (Å²) >= 11 is 9.82. The Bertz CT molecular complexity index is 363. The Hall–Kier alpha value is -0.210. The summed E-state index contributed by atoms with van der Waals surface area (Å²) in [7, 11) is 0. The van der Waals surface area contributed by atoms with Crippen molar-refractivity contribution >= 4 is 33.2 Å². The Morgan fingerprint density at radius 2 is 1.88 bits per heavy atom. The highest BCUT2D eigenvalue weighted by molar-refractivity contribution is 9.08. The van der Waals surface area contributed by atoms with E-state index in [0.29, 0.717) is 12.0 Å². The van der Waals surface area contributed by atoms with Gasteiger partial charge in [-0.1, -0.05) is 47.4 Å². The molecule has 0 aromatic heterocycles. The molecule has 0 aliphatic carbocycles. The fourth-order valence-electron chi connectivity index (χ4n) is 1.85. The van der Waals surface area contributed by atoms with Crippen molar-refractivity contribution in [3.63, 3.8) is 0 Å². The van der Waals surface area contributed by atoms with Crippen molar-refractivity contribution in [3.8, 4) is 0 Å². The second kappa shape index (κ2) is 6.65. The quantitative estimate of drug-likeness (QED) is 0.682. The lowest BCUT2D eigenvalue weighted by Gasteiger charge is -2.31. The molecule has 0 saturated heterocycles. The van der Waals surface area contributed by atoms with Crippen molar-refractivity contribution in [2.24, 2.45) is 5.92 Å². The summed E-state index contributed by atoms with van der Waals surface area (Å²) in [6.45, 7) is 9.91. The smallest absolute Gasteiger partial charge is 0.0642 e. The van der Waals surface area contributed by atoms with E-state index in [4.69, 9.17) is 11.6 Å². The molecule has 0 fully saturated rings. The van der Waals surface area contributed by atoms with Crippen LogP contribution in [0.2, 0.25) is 5.02 Å². The van der Waals surface area contributed by atoms with E-state index in [2.05, 4.69) is 60.7 Å². The summed E-state index contributed by atoms with van der Waals surface area (Å²) in [5.74, 6) is 0.629. The molecule has 0 spiro atoms. The molecule has 0 aliphatic heterocycles. The largest absolute Gasteiger partial charge is 0.368 e. The highest BCUT2D eigenvalue weighted by Gasteiger charge is 2.15. The van der Waals surface area contributed by atoms with Gasteiger partial charge in [-0.05, 0) is 37.5 Å². The van der Waals surface area contributed by atoms with E-state index < -0.39 is 0 Å². The molecule has 3 heteroatoms. The Labute approximate surface area is 118 Å². The molecular weight excluding hydrogens is 298 g/mol. The summed E-state index contributed by atoms with van der Waals surface area (Å²) in [5, 5.41) is 1.69. The molecule has 96 valence electrons. The SMILES string of the molecule is CC(C)CN(c1ccc(CBr)cc1Cl)C(C)C. The van der Waals surface area contributed by atoms with Crippen LogP contribution < -0.4 is 4.90 Å². The highest BCUT2D eigenvalue weighted by Crippen LogP contribution is 2.29. The second-order valence-electron chi connectivity index (χ2n) is 5.06. The van der Waals surface area contributed by atoms with Gasteiger partial charge in [0.1, 0.15) is 0 Å². The lowest BCUT2D eigenvalue weighted by Crippen LogP contribution is -2.34. The minimum atomic E-state index is 0.463. The first-order valence-corrected chi connectivity index (χ1v) is 7.56. The normalized spacial score (nSPS) is 11.3. The molecule has 0 unspecified atom stereocenters. The van der Waals surface area contributed by atoms with Crippen molar-refractivity contribution in [2.45, 2.75) is 39.1 Å². The number of benzene rings is 1. The molecule has 0 N–H and O–H groups in total. The molecule has 0 radical (unpaired) electrons. The molecule has 1 aromatic rings. The minimum Gasteiger partial charge on any atom is -0.368 e. The first kappa shape index (κ1) is 14.8. The van der Waals surface area contributed by atoms with Gasteiger partial charge in [0, 0.05) is 17.9 Å². The molecule has 0 atom stereocenters. The van der Waals surface area contributed by atoms with E-state index in [1.54, 1.807) is 0 Å². The van der Waals surface area contributed by atoms with E-state index >= 15 is 0 Å². The maximum absolute atomic E-state index is 6.37. The van der Waals surface area contributed by atoms with E-state index in [9.17, 15) is 0 Å². The van der Waals surface area contributed by atoms with Crippen LogP contribution in [0.4, 0.5) is 5.69 Å². The minimum absolute atomic E-state index is 0.463. The van der Waals surface area contributed by atoms with E-state index in [0.717, 1.165) is 22.6 Å². The van der Waals surface area contributed by atoms with E-state index in [-0.39, 0.29) is 0 Å². The Morgan fingerprint density at radius 3 is 2.29 bits per heavy atom. The summed E-state index contributed by atoms with van der Waals surface area (Å²) in [5.41, 5.74) is 2.35. The molecule has 0 heterocycles.